The van der Waals surface area contributed by atoms with Gasteiger partial charge in [-0.15, -0.1) is 5.92 Å². The minimum atomic E-state index is -1.32. The minimum Gasteiger partial charge on any atom is -0.479 e. The minimum absolute atomic E-state index is 0. The second kappa shape index (κ2) is 12.7. The van der Waals surface area contributed by atoms with E-state index in [1.165, 1.54) is 4.90 Å². The van der Waals surface area contributed by atoms with Crippen LogP contribution in [0.5, 0.6) is 0 Å². The molecule has 3 aliphatic rings. The molecule has 0 spiro atoms. The topological polar surface area (TPSA) is 125 Å². The van der Waals surface area contributed by atoms with Crippen LogP contribution in [-0.2, 0) is 51.8 Å². The van der Waals surface area contributed by atoms with E-state index in [9.17, 15) is 24.3 Å². The Bertz CT molecular complexity index is 827. The van der Waals surface area contributed by atoms with Crippen LogP contribution in [0, 0.1) is 26.2 Å². The van der Waals surface area contributed by atoms with Crippen LogP contribution in [0.3, 0.4) is 0 Å². The zero-order chi connectivity index (χ0) is 24.4. The summed E-state index contributed by atoms with van der Waals surface area (Å²) in [6.45, 7) is 9.53. The predicted octanol–water partition coefficient (Wildman–Crippen LogP) is 2.86. The van der Waals surface area contributed by atoms with E-state index in [2.05, 4.69) is 17.6 Å². The normalized spacial score (nSPS) is 32.2. The standard InChI is InChI=1S/C24H36N3O6.CH3.Y/c1-15-12-18-19(28)26-24(21(30)31)13-16(24)10-8-6-5-7-9-11-17(20(29)27(18)14-15)25-22(32)33-23(2,3)4;;/h8,10,15-18H,1,5-7,9,11-14H2,2-4H3,(H,25,32)(H,26,28)(H,30,31);1H3;/q2*-1;/b10-8-;;/t15-,16?,17+,18+,24-;;/m1../s1. The van der Waals surface area contributed by atoms with Crippen molar-refractivity contribution < 1.29 is 61.7 Å². The summed E-state index contributed by atoms with van der Waals surface area (Å²) in [6.07, 6.45) is 7.52. The van der Waals surface area contributed by atoms with Gasteiger partial charge in [0.1, 0.15) is 23.2 Å². The second-order valence-electron chi connectivity index (χ2n) is 10.4. The number of allylic oxidation sites excluding steroid dienone is 1. The first kappa shape index (κ1) is 31.6. The molecule has 2 heterocycles. The number of nitrogens with one attached hydrogen (secondary N) is 2. The molecule has 1 saturated heterocycles. The maximum Gasteiger partial charge on any atom is 0.408 e. The molecule has 0 bridgehead atoms. The van der Waals surface area contributed by atoms with E-state index in [0.29, 0.717) is 19.3 Å². The van der Waals surface area contributed by atoms with Crippen molar-refractivity contribution in [3.8, 4) is 0 Å². The third-order valence-corrected chi connectivity index (χ3v) is 6.44. The molecule has 0 aromatic carbocycles. The van der Waals surface area contributed by atoms with E-state index in [1.807, 2.05) is 12.2 Å². The van der Waals surface area contributed by atoms with Crippen LogP contribution in [0.4, 0.5) is 4.79 Å². The molecule has 2 aliphatic heterocycles. The van der Waals surface area contributed by atoms with Gasteiger partial charge in [0.05, 0.1) is 0 Å². The molecule has 0 aromatic rings. The van der Waals surface area contributed by atoms with E-state index < -0.39 is 41.2 Å². The van der Waals surface area contributed by atoms with E-state index in [0.717, 1.165) is 25.7 Å². The summed E-state index contributed by atoms with van der Waals surface area (Å²) in [5.41, 5.74) is -2.03. The fraction of sp³-hybridized carbons (Fsp3) is 0.680. The average molecular weight is 567 g/mol. The van der Waals surface area contributed by atoms with Gasteiger partial charge >= 0.3 is 12.1 Å². The van der Waals surface area contributed by atoms with Gasteiger partial charge in [0.15, 0.2) is 0 Å². The van der Waals surface area contributed by atoms with E-state index in [1.54, 1.807) is 20.8 Å². The molecule has 195 valence electrons. The summed E-state index contributed by atoms with van der Waals surface area (Å²) in [5, 5.41) is 15.2. The van der Waals surface area contributed by atoms with Crippen LogP contribution in [0.25, 0.3) is 0 Å². The van der Waals surface area contributed by atoms with Crippen molar-refractivity contribution in [2.75, 3.05) is 6.54 Å². The number of hydrogen-bond acceptors (Lipinski definition) is 5. The van der Waals surface area contributed by atoms with Gasteiger partial charge in [-0.05, 0) is 59.4 Å². The number of amides is 3. The van der Waals surface area contributed by atoms with Crippen LogP contribution >= 0.6 is 0 Å². The molecule has 2 fully saturated rings. The summed E-state index contributed by atoms with van der Waals surface area (Å²) in [4.78, 5) is 52.5. The number of carbonyl (C=O) groups is 4. The molecule has 1 unspecified atom stereocenters. The van der Waals surface area contributed by atoms with Crippen LogP contribution < -0.4 is 10.6 Å². The number of ether oxygens (including phenoxy) is 1. The number of nitrogens with zero attached hydrogens (tertiary/aromatic N) is 1. The van der Waals surface area contributed by atoms with Crippen molar-refractivity contribution in [1.82, 2.24) is 15.5 Å². The van der Waals surface area contributed by atoms with Gasteiger partial charge < -0.3 is 39.7 Å². The Balaban J connectivity index is 0.00000306. The van der Waals surface area contributed by atoms with Crippen molar-refractivity contribution in [3.05, 3.63) is 26.5 Å². The zero-order valence-corrected chi connectivity index (χ0v) is 24.2. The fourth-order valence-corrected chi connectivity index (χ4v) is 4.64. The van der Waals surface area contributed by atoms with Crippen molar-refractivity contribution >= 4 is 23.9 Å². The number of carbonyl (C=O) groups excluding carboxylic acids is 3. The van der Waals surface area contributed by atoms with Gasteiger partial charge in [-0.2, -0.15) is 0 Å². The Morgan fingerprint density at radius 2 is 1.94 bits per heavy atom. The number of alkyl carbamates (subject to hydrolysis) is 1. The first-order chi connectivity index (χ1) is 15.4. The fourth-order valence-electron chi connectivity index (χ4n) is 4.64. The number of fused-ring (bicyclic) bond motifs is 2. The predicted molar refractivity (Wildman–Crippen MR) is 127 cm³/mol. The van der Waals surface area contributed by atoms with Gasteiger partial charge in [-0.25, -0.2) is 9.59 Å². The summed E-state index contributed by atoms with van der Waals surface area (Å²) in [6, 6.07) is -1.65. The van der Waals surface area contributed by atoms with Gasteiger partial charge in [0.2, 0.25) is 11.8 Å². The summed E-state index contributed by atoms with van der Waals surface area (Å²) in [5.74, 6) is -2.34. The molecule has 1 radical (unpaired) electrons. The van der Waals surface area contributed by atoms with Crippen LogP contribution in [-0.4, -0.2) is 63.7 Å². The van der Waals surface area contributed by atoms with Gasteiger partial charge in [0, 0.05) is 38.6 Å². The molecule has 9 nitrogen and oxygen atoms in total. The monoisotopic (exact) mass is 566 g/mol. The summed E-state index contributed by atoms with van der Waals surface area (Å²) >= 11 is 0. The smallest absolute Gasteiger partial charge is 0.408 e. The average Bonchev–Trinajstić information content (AvgIpc) is 3.25. The zero-order valence-electron chi connectivity index (χ0n) is 21.3. The van der Waals surface area contributed by atoms with Crippen molar-refractivity contribution in [1.29, 1.82) is 0 Å². The molecule has 0 aromatic heterocycles. The Kier molecular flexibility index (Phi) is 11.4. The molecule has 3 N–H and O–H groups in total. The SMILES string of the molecule is [CH2-][C@@H]1C[C@H]2C(=O)N[C@]3(C(=O)O)CC3/C=C\CCCCC[C@H](NC(=O)OC(C)(C)C)C(=O)N2C1.[CH3-].[Y]. The number of carboxylic acid groups (broad SMARTS) is 1. The number of carboxylic acids is 1. The van der Waals surface area contributed by atoms with Crippen LogP contribution in [0.2, 0.25) is 0 Å². The maximum atomic E-state index is 13.5. The first-order valence-electron chi connectivity index (χ1n) is 11.8. The van der Waals surface area contributed by atoms with E-state index in [4.69, 9.17) is 4.74 Å². The second-order valence-corrected chi connectivity index (χ2v) is 10.4. The van der Waals surface area contributed by atoms with Gasteiger partial charge in [-0.3, -0.25) is 9.59 Å². The van der Waals surface area contributed by atoms with Gasteiger partial charge in [-0.1, -0.05) is 25.0 Å². The Morgan fingerprint density at radius 3 is 2.57 bits per heavy atom. The summed E-state index contributed by atoms with van der Waals surface area (Å²) in [7, 11) is 0. The van der Waals surface area contributed by atoms with Crippen molar-refractivity contribution in [2.45, 2.75) is 88.9 Å². The molecule has 1 aliphatic carbocycles. The summed E-state index contributed by atoms with van der Waals surface area (Å²) < 4.78 is 5.34. The van der Waals surface area contributed by atoms with E-state index >= 15 is 0 Å². The van der Waals surface area contributed by atoms with Crippen LogP contribution in [0.1, 0.15) is 65.7 Å². The third kappa shape index (κ3) is 8.01. The molecular formula is C25H39N3O6Y-2. The first-order valence-corrected chi connectivity index (χ1v) is 11.8. The molecule has 10 heteroatoms. The Morgan fingerprint density at radius 1 is 1.26 bits per heavy atom. The maximum absolute atomic E-state index is 13.5. The molecule has 3 rings (SSSR count). The van der Waals surface area contributed by atoms with Gasteiger partial charge in [0.25, 0.3) is 0 Å². The number of aliphatic carboxylic acids is 1. The molecule has 35 heavy (non-hydrogen) atoms. The molecule has 3 amide bonds. The third-order valence-electron chi connectivity index (χ3n) is 6.44. The van der Waals surface area contributed by atoms with Crippen molar-refractivity contribution in [2.24, 2.45) is 11.8 Å². The van der Waals surface area contributed by atoms with Crippen molar-refractivity contribution in [3.63, 3.8) is 0 Å². The Labute approximate surface area is 234 Å². The largest absolute Gasteiger partial charge is 0.479 e. The van der Waals surface area contributed by atoms with E-state index in [-0.39, 0.29) is 64.4 Å². The van der Waals surface area contributed by atoms with Crippen LogP contribution in [0.15, 0.2) is 12.2 Å². The molecular weight excluding hydrogens is 527 g/mol. The molecule has 1 saturated carbocycles. The Hall–Kier alpha value is -1.48. The molecule has 5 atom stereocenters. The number of rotatable bonds is 2. The quantitative estimate of drug-likeness (QED) is 0.349. The number of hydrogen-bond donors (Lipinski definition) is 3.